The summed E-state index contributed by atoms with van der Waals surface area (Å²) in [6, 6.07) is 5.80. The summed E-state index contributed by atoms with van der Waals surface area (Å²) in [5, 5.41) is 0. The van der Waals surface area contributed by atoms with Crippen LogP contribution in [0.4, 0.5) is 0 Å². The summed E-state index contributed by atoms with van der Waals surface area (Å²) in [6.45, 7) is 16.4. The van der Waals surface area contributed by atoms with Crippen LogP contribution in [0.25, 0.3) is 11.2 Å². The molecule has 0 N–H and O–H groups in total. The van der Waals surface area contributed by atoms with Crippen molar-refractivity contribution in [3.63, 3.8) is 0 Å². The molecule has 1 saturated heterocycles. The average molecular weight is 459 g/mol. The molecule has 1 atom stereocenters. The summed E-state index contributed by atoms with van der Waals surface area (Å²) in [6.07, 6.45) is 14.7. The van der Waals surface area contributed by atoms with Crippen molar-refractivity contribution in [2.75, 3.05) is 19.6 Å². The van der Waals surface area contributed by atoms with Crippen LogP contribution in [-0.4, -0.2) is 38.8 Å². The number of rotatable bonds is 7. The normalized spacial score (nSPS) is 19.1. The van der Waals surface area contributed by atoms with Gasteiger partial charge in [0, 0.05) is 35.9 Å². The van der Waals surface area contributed by atoms with Crippen LogP contribution in [0.1, 0.15) is 70.6 Å². The van der Waals surface area contributed by atoms with E-state index in [-0.39, 0.29) is 5.56 Å². The summed E-state index contributed by atoms with van der Waals surface area (Å²) in [5.41, 5.74) is 5.69. The SMILES string of the molecule is C=C1C=CC(c2cc(=O)n3cc(C4CCN(CCC)CC4)ccc3n2)=CN1/C=C(/C)C(C)CC. The second-order valence-electron chi connectivity index (χ2n) is 9.78. The van der Waals surface area contributed by atoms with Crippen LogP contribution in [-0.2, 0) is 0 Å². The molecule has 0 aromatic carbocycles. The van der Waals surface area contributed by atoms with Gasteiger partial charge in [-0.25, -0.2) is 4.98 Å². The van der Waals surface area contributed by atoms with Crippen molar-refractivity contribution in [2.24, 2.45) is 5.92 Å². The number of hydrogen-bond donors (Lipinski definition) is 0. The van der Waals surface area contributed by atoms with Crippen molar-refractivity contribution in [2.45, 2.75) is 59.3 Å². The molecule has 5 heteroatoms. The minimum atomic E-state index is -0.0400. The molecule has 5 nitrogen and oxygen atoms in total. The molecule has 2 aliphatic rings. The molecule has 0 amide bonds. The van der Waals surface area contributed by atoms with Gasteiger partial charge in [0.05, 0.1) is 5.69 Å². The lowest BCUT2D eigenvalue weighted by Crippen LogP contribution is -2.33. The van der Waals surface area contributed by atoms with E-state index in [4.69, 9.17) is 4.98 Å². The maximum atomic E-state index is 13.1. The lowest BCUT2D eigenvalue weighted by Gasteiger charge is -2.31. The van der Waals surface area contributed by atoms with E-state index in [9.17, 15) is 4.79 Å². The van der Waals surface area contributed by atoms with Crippen molar-refractivity contribution in [1.29, 1.82) is 0 Å². The molecule has 4 rings (SSSR count). The van der Waals surface area contributed by atoms with Crippen LogP contribution < -0.4 is 5.56 Å². The molecule has 4 heterocycles. The van der Waals surface area contributed by atoms with Gasteiger partial charge in [-0.1, -0.05) is 39.0 Å². The number of piperidine rings is 1. The van der Waals surface area contributed by atoms with Crippen LogP contribution in [0.2, 0.25) is 0 Å². The Kier molecular flexibility index (Phi) is 7.52. The molecule has 1 unspecified atom stereocenters. The smallest absolute Gasteiger partial charge is 0.258 e. The van der Waals surface area contributed by atoms with Crippen LogP contribution in [0, 0.1) is 5.92 Å². The Morgan fingerprint density at radius 3 is 2.71 bits per heavy atom. The molecule has 0 aliphatic carbocycles. The van der Waals surface area contributed by atoms with E-state index >= 15 is 0 Å². The minimum Gasteiger partial charge on any atom is -0.324 e. The average Bonchev–Trinajstić information content (AvgIpc) is 2.85. The van der Waals surface area contributed by atoms with Crippen molar-refractivity contribution in [1.82, 2.24) is 19.2 Å². The van der Waals surface area contributed by atoms with E-state index < -0.39 is 0 Å². The van der Waals surface area contributed by atoms with Crippen molar-refractivity contribution < 1.29 is 0 Å². The van der Waals surface area contributed by atoms with Gasteiger partial charge in [-0.3, -0.25) is 9.20 Å². The number of allylic oxidation sites excluding steroid dienone is 4. The predicted octanol–water partition coefficient (Wildman–Crippen LogP) is 5.96. The first-order valence-electron chi connectivity index (χ1n) is 12.7. The highest BCUT2D eigenvalue weighted by Crippen LogP contribution is 2.29. The fourth-order valence-electron chi connectivity index (χ4n) is 4.80. The monoisotopic (exact) mass is 458 g/mol. The van der Waals surface area contributed by atoms with Gasteiger partial charge in [-0.2, -0.15) is 0 Å². The van der Waals surface area contributed by atoms with Gasteiger partial charge >= 0.3 is 0 Å². The van der Waals surface area contributed by atoms with Gasteiger partial charge in [0.25, 0.3) is 5.56 Å². The molecule has 34 heavy (non-hydrogen) atoms. The van der Waals surface area contributed by atoms with Crippen molar-refractivity contribution in [3.05, 3.63) is 88.4 Å². The molecule has 0 spiro atoms. The number of likely N-dealkylation sites (tertiary alicyclic amines) is 1. The topological polar surface area (TPSA) is 40.9 Å². The van der Waals surface area contributed by atoms with E-state index in [1.54, 1.807) is 10.5 Å². The highest BCUT2D eigenvalue weighted by atomic mass is 16.1. The Hall–Kier alpha value is -2.92. The summed E-state index contributed by atoms with van der Waals surface area (Å²) in [4.78, 5) is 22.5. The van der Waals surface area contributed by atoms with E-state index in [0.29, 0.717) is 23.2 Å². The summed E-state index contributed by atoms with van der Waals surface area (Å²) >= 11 is 0. The van der Waals surface area contributed by atoms with Gasteiger partial charge < -0.3 is 9.80 Å². The van der Waals surface area contributed by atoms with Gasteiger partial charge in [-0.15, -0.1) is 0 Å². The zero-order valence-electron chi connectivity index (χ0n) is 21.1. The van der Waals surface area contributed by atoms with Crippen LogP contribution >= 0.6 is 0 Å². The Balaban J connectivity index is 1.59. The van der Waals surface area contributed by atoms with E-state index in [2.05, 4.69) is 51.4 Å². The molecular formula is C29H38N4O. The molecule has 0 radical (unpaired) electrons. The Morgan fingerprint density at radius 2 is 2.00 bits per heavy atom. The van der Waals surface area contributed by atoms with Crippen LogP contribution in [0.5, 0.6) is 0 Å². The third kappa shape index (κ3) is 5.25. The highest BCUT2D eigenvalue weighted by molar-refractivity contribution is 5.74. The standard InChI is InChI=1S/C29H38N4O/c1-6-14-31-15-12-24(13-16-31)25-10-11-28-30-27(17-29(34)33(28)20-25)26-9-8-23(5)32(19-26)18-22(4)21(3)7-2/h8-11,17-21,24H,5-7,12-16H2,1-4H3/b22-18-. The number of aromatic nitrogens is 2. The van der Waals surface area contributed by atoms with E-state index in [1.165, 1.54) is 24.1 Å². The summed E-state index contributed by atoms with van der Waals surface area (Å²) < 4.78 is 1.70. The minimum absolute atomic E-state index is 0.0400. The Labute approximate surface area is 203 Å². The first-order chi connectivity index (χ1) is 16.4. The zero-order valence-corrected chi connectivity index (χ0v) is 21.1. The lowest BCUT2D eigenvalue weighted by atomic mass is 9.90. The van der Waals surface area contributed by atoms with Gasteiger partial charge in [0.2, 0.25) is 0 Å². The van der Waals surface area contributed by atoms with E-state index in [1.807, 2.05) is 35.5 Å². The van der Waals surface area contributed by atoms with Crippen molar-refractivity contribution >= 4 is 11.2 Å². The predicted molar refractivity (Wildman–Crippen MR) is 141 cm³/mol. The number of pyridine rings is 1. The fraction of sp³-hybridized carbons (Fsp3) is 0.448. The van der Waals surface area contributed by atoms with Crippen LogP contribution in [0.3, 0.4) is 0 Å². The Morgan fingerprint density at radius 1 is 1.24 bits per heavy atom. The second-order valence-corrected chi connectivity index (χ2v) is 9.78. The number of nitrogens with zero attached hydrogens (tertiary/aromatic N) is 4. The molecule has 2 aromatic rings. The highest BCUT2D eigenvalue weighted by Gasteiger charge is 2.21. The number of hydrogen-bond acceptors (Lipinski definition) is 4. The first-order valence-corrected chi connectivity index (χ1v) is 12.7. The van der Waals surface area contributed by atoms with Gasteiger partial charge in [0.15, 0.2) is 0 Å². The first kappa shape index (κ1) is 24.2. The third-order valence-electron chi connectivity index (χ3n) is 7.37. The molecule has 2 aromatic heterocycles. The maximum absolute atomic E-state index is 13.1. The second kappa shape index (κ2) is 10.6. The largest absolute Gasteiger partial charge is 0.324 e. The van der Waals surface area contributed by atoms with Crippen LogP contribution in [0.15, 0.2) is 71.6 Å². The number of fused-ring (bicyclic) bond motifs is 1. The summed E-state index contributed by atoms with van der Waals surface area (Å²) in [7, 11) is 0. The van der Waals surface area contributed by atoms with Gasteiger partial charge in [-0.05, 0) is 87.9 Å². The lowest BCUT2D eigenvalue weighted by molar-refractivity contribution is 0.212. The van der Waals surface area contributed by atoms with Gasteiger partial charge in [0.1, 0.15) is 5.65 Å². The molecule has 0 bridgehead atoms. The van der Waals surface area contributed by atoms with E-state index in [0.717, 1.165) is 43.6 Å². The third-order valence-corrected chi connectivity index (χ3v) is 7.37. The Bertz CT molecular complexity index is 1190. The molecule has 2 aliphatic heterocycles. The molecule has 180 valence electrons. The summed E-state index contributed by atoms with van der Waals surface area (Å²) in [5.74, 6) is 1.01. The molecule has 0 saturated carbocycles. The molecule has 1 fully saturated rings. The fourth-order valence-corrected chi connectivity index (χ4v) is 4.80. The van der Waals surface area contributed by atoms with Crippen molar-refractivity contribution in [3.8, 4) is 0 Å². The maximum Gasteiger partial charge on any atom is 0.258 e. The molecular weight excluding hydrogens is 420 g/mol. The quantitative estimate of drug-likeness (QED) is 0.513. The zero-order chi connectivity index (χ0) is 24.2.